The van der Waals surface area contributed by atoms with Crippen LogP contribution in [0.4, 0.5) is 5.69 Å². The van der Waals surface area contributed by atoms with Crippen LogP contribution >= 0.6 is 7.26 Å². The maximum atomic E-state index is 13.2. The van der Waals surface area contributed by atoms with Crippen molar-refractivity contribution in [3.63, 3.8) is 0 Å². The van der Waals surface area contributed by atoms with Crippen LogP contribution in [0, 0.1) is 13.8 Å². The van der Waals surface area contributed by atoms with Gasteiger partial charge in [0, 0.05) is 58.5 Å². The summed E-state index contributed by atoms with van der Waals surface area (Å²) in [6.45, 7) is 10.9. The van der Waals surface area contributed by atoms with Crippen molar-refractivity contribution in [2.75, 3.05) is 30.9 Å². The summed E-state index contributed by atoms with van der Waals surface area (Å²) < 4.78 is 5.31. The van der Waals surface area contributed by atoms with Crippen molar-refractivity contribution in [1.29, 1.82) is 0 Å². The number of ether oxygens (including phenoxy) is 1. The van der Waals surface area contributed by atoms with E-state index in [1.54, 1.807) is 7.11 Å². The monoisotopic (exact) mass is 425 g/mol. The molecule has 5 heteroatoms. The second-order valence-corrected chi connectivity index (χ2v) is 11.8. The second kappa shape index (κ2) is 8.61. The minimum absolute atomic E-state index is 0. The van der Waals surface area contributed by atoms with E-state index in [1.165, 1.54) is 18.5 Å². The van der Waals surface area contributed by atoms with Gasteiger partial charge >= 0.3 is 0 Å². The van der Waals surface area contributed by atoms with E-state index >= 15 is 0 Å². The largest absolute Gasteiger partial charge is 0.497 e. The summed E-state index contributed by atoms with van der Waals surface area (Å²) in [5, 5.41) is 3.21. The zero-order valence-electron chi connectivity index (χ0n) is 16.0. The third-order valence-electron chi connectivity index (χ3n) is 5.85. The van der Waals surface area contributed by atoms with E-state index in [2.05, 4.69) is 26.1 Å². The molecule has 1 aromatic carbocycles. The van der Waals surface area contributed by atoms with Crippen LogP contribution in [0.1, 0.15) is 44.7 Å². The average molecular weight is 425 g/mol. The predicted octanol–water partition coefficient (Wildman–Crippen LogP) is 4.86. The number of nitrogens with one attached hydrogen (secondary N) is 1. The molecule has 0 unspecified atom stereocenters. The molecule has 1 amide bonds. The molecule has 24 heavy (non-hydrogen) atoms. The molecular weight excluding hydrogens is 394 g/mol. The van der Waals surface area contributed by atoms with Crippen LogP contribution in [0.2, 0.25) is 0 Å². The number of amides is 1. The number of methoxy groups -OCH3 is 1. The van der Waals surface area contributed by atoms with Crippen LogP contribution in [-0.2, 0) is 37.5 Å². The number of aryl methyl sites for hydroxylation is 2. The van der Waals surface area contributed by atoms with Crippen LogP contribution < -0.4 is 10.1 Å². The van der Waals surface area contributed by atoms with E-state index in [-0.39, 0.29) is 43.8 Å². The van der Waals surface area contributed by atoms with Gasteiger partial charge in [0.15, 0.2) is 5.16 Å². The number of hydrogen-bond acceptors (Lipinski definition) is 2. The van der Waals surface area contributed by atoms with Gasteiger partial charge in [0.2, 0.25) is 0 Å². The second-order valence-electron chi connectivity index (χ2n) is 6.72. The molecule has 0 heterocycles. The van der Waals surface area contributed by atoms with Crippen LogP contribution in [0.25, 0.3) is 0 Å². The predicted molar refractivity (Wildman–Crippen MR) is 102 cm³/mol. The molecular formula is C19H31NO2PY+. The molecule has 131 valence electrons. The van der Waals surface area contributed by atoms with E-state index in [0.29, 0.717) is 0 Å². The fourth-order valence-electron chi connectivity index (χ4n) is 4.08. The molecule has 2 rings (SSSR count). The molecule has 0 saturated heterocycles. The molecule has 1 aliphatic rings. The first-order valence-electron chi connectivity index (χ1n) is 8.72. The van der Waals surface area contributed by atoms with Crippen molar-refractivity contribution < 1.29 is 42.2 Å². The molecule has 1 aliphatic carbocycles. The summed E-state index contributed by atoms with van der Waals surface area (Å²) in [4.78, 5) is 13.2. The normalized spacial score (nSPS) is 15.4. The molecule has 1 N–H and O–H groups in total. The summed E-state index contributed by atoms with van der Waals surface area (Å²) in [5.41, 5.74) is 3.10. The zero-order valence-corrected chi connectivity index (χ0v) is 19.8. The van der Waals surface area contributed by atoms with Gasteiger partial charge in [-0.25, -0.2) is 0 Å². The molecule has 0 aromatic heterocycles. The number of carbonyl (C=O) groups excluding carboxylic acids is 1. The Balaban J connectivity index is 0.00000288. The smallest absolute Gasteiger partial charge is 0.268 e. The number of rotatable bonds is 7. The van der Waals surface area contributed by atoms with Gasteiger partial charge in [-0.15, -0.1) is 0 Å². The maximum Gasteiger partial charge on any atom is 0.268 e. The van der Waals surface area contributed by atoms with Crippen molar-refractivity contribution in [3.05, 3.63) is 23.3 Å². The van der Waals surface area contributed by atoms with Crippen molar-refractivity contribution in [2.24, 2.45) is 0 Å². The Morgan fingerprint density at radius 2 is 1.58 bits per heavy atom. The molecule has 1 fully saturated rings. The SMILES string of the molecule is CC[P+](CC)(CC)C1(C(=O)Nc2c(C)cc(OC)cc2C)CC1.[Y]. The van der Waals surface area contributed by atoms with Crippen molar-refractivity contribution in [1.82, 2.24) is 0 Å². The quantitative estimate of drug-likeness (QED) is 0.634. The Hall–Kier alpha value is 0.0239. The van der Waals surface area contributed by atoms with E-state index in [9.17, 15) is 4.79 Å². The number of carbonyl (C=O) groups is 1. The van der Waals surface area contributed by atoms with Gasteiger partial charge < -0.3 is 10.1 Å². The first kappa shape index (κ1) is 22.1. The molecule has 1 saturated carbocycles. The topological polar surface area (TPSA) is 38.3 Å². The van der Waals surface area contributed by atoms with Crippen LogP contribution in [-0.4, -0.2) is 36.7 Å². The fourth-order valence-corrected chi connectivity index (χ4v) is 8.79. The minimum atomic E-state index is -1.21. The molecule has 0 aliphatic heterocycles. The molecule has 0 atom stereocenters. The standard InChI is InChI=1S/C19H30NO2P.Y/c1-7-23(8-2,9-3)19(10-11-19)18(21)20-17-14(4)12-16(22-6)13-15(17)5;/h12-13H,7-11H2,1-6H3;/p+1. The van der Waals surface area contributed by atoms with Crippen LogP contribution in [0.3, 0.4) is 0 Å². The summed E-state index contributed by atoms with van der Waals surface area (Å²) in [6, 6.07) is 3.98. The van der Waals surface area contributed by atoms with Crippen molar-refractivity contribution in [3.8, 4) is 5.75 Å². The number of anilines is 1. The van der Waals surface area contributed by atoms with E-state index < -0.39 is 7.26 Å². The van der Waals surface area contributed by atoms with Crippen LogP contribution in [0.5, 0.6) is 5.75 Å². The summed E-state index contributed by atoms with van der Waals surface area (Å²) in [6.07, 6.45) is 5.66. The van der Waals surface area contributed by atoms with Gasteiger partial charge in [-0.1, -0.05) is 0 Å². The summed E-state index contributed by atoms with van der Waals surface area (Å²) in [7, 11) is 0.469. The first-order valence-corrected chi connectivity index (χ1v) is 11.1. The van der Waals surface area contributed by atoms with Gasteiger partial charge in [0.1, 0.15) is 5.75 Å². The number of benzene rings is 1. The van der Waals surface area contributed by atoms with Gasteiger partial charge in [0.25, 0.3) is 5.91 Å². The van der Waals surface area contributed by atoms with E-state index in [0.717, 1.165) is 35.4 Å². The number of hydrogen-bond donors (Lipinski definition) is 1. The summed E-state index contributed by atoms with van der Waals surface area (Å²) in [5.74, 6) is 1.10. The van der Waals surface area contributed by atoms with Crippen LogP contribution in [0.15, 0.2) is 12.1 Å². The Bertz CT molecular complexity index is 564. The Morgan fingerprint density at radius 1 is 1.12 bits per heavy atom. The van der Waals surface area contributed by atoms with Gasteiger partial charge in [-0.05, 0) is 57.9 Å². The molecule has 0 spiro atoms. The molecule has 1 aromatic rings. The van der Waals surface area contributed by atoms with E-state index in [4.69, 9.17) is 4.74 Å². The summed E-state index contributed by atoms with van der Waals surface area (Å²) >= 11 is 0. The third kappa shape index (κ3) is 3.74. The Morgan fingerprint density at radius 3 is 1.92 bits per heavy atom. The van der Waals surface area contributed by atoms with Gasteiger partial charge in [-0.3, -0.25) is 4.79 Å². The fraction of sp³-hybridized carbons (Fsp3) is 0.632. The zero-order chi connectivity index (χ0) is 17.3. The van der Waals surface area contributed by atoms with Gasteiger partial charge in [-0.2, -0.15) is 0 Å². The molecule has 0 bridgehead atoms. The Labute approximate surface area is 172 Å². The molecule has 3 nitrogen and oxygen atoms in total. The first-order chi connectivity index (χ1) is 10.9. The van der Waals surface area contributed by atoms with Crippen molar-refractivity contribution in [2.45, 2.75) is 52.6 Å². The Kier molecular flexibility index (Phi) is 7.91. The van der Waals surface area contributed by atoms with E-state index in [1.807, 2.05) is 26.0 Å². The molecule has 1 radical (unpaired) electrons. The van der Waals surface area contributed by atoms with Gasteiger partial charge in [0.05, 0.1) is 25.6 Å². The average Bonchev–Trinajstić information content (AvgIpc) is 3.35. The third-order valence-corrected chi connectivity index (χ3v) is 11.9. The minimum Gasteiger partial charge on any atom is -0.497 e. The maximum absolute atomic E-state index is 13.2. The van der Waals surface area contributed by atoms with Crippen molar-refractivity contribution >= 4 is 18.9 Å².